The number of para-hydroxylation sites is 1. The fraction of sp³-hybridized carbons (Fsp3) is 0.474. The maximum atomic E-state index is 12.7. The second kappa shape index (κ2) is 7.07. The van der Waals surface area contributed by atoms with Crippen LogP contribution in [0, 0.1) is 5.92 Å². The van der Waals surface area contributed by atoms with Crippen molar-refractivity contribution in [1.29, 1.82) is 0 Å². The van der Waals surface area contributed by atoms with E-state index in [4.69, 9.17) is 4.42 Å². The lowest BCUT2D eigenvalue weighted by atomic mass is 9.97. The van der Waals surface area contributed by atoms with Crippen LogP contribution in [0.5, 0.6) is 0 Å². The summed E-state index contributed by atoms with van der Waals surface area (Å²) in [5.41, 5.74) is 0.808. The van der Waals surface area contributed by atoms with Gasteiger partial charge in [0, 0.05) is 12.3 Å². The zero-order chi connectivity index (χ0) is 17.1. The molecule has 0 spiro atoms. The molecule has 5 nitrogen and oxygen atoms in total. The van der Waals surface area contributed by atoms with Gasteiger partial charge in [-0.1, -0.05) is 31.0 Å². The van der Waals surface area contributed by atoms with Crippen LogP contribution in [0.2, 0.25) is 0 Å². The van der Waals surface area contributed by atoms with E-state index in [2.05, 4.69) is 10.6 Å². The molecule has 5 heteroatoms. The first-order chi connectivity index (χ1) is 11.5. The number of furan rings is 1. The molecule has 128 valence electrons. The average molecular weight is 328 g/mol. The van der Waals surface area contributed by atoms with Crippen molar-refractivity contribution in [2.24, 2.45) is 5.92 Å². The summed E-state index contributed by atoms with van der Waals surface area (Å²) in [5, 5.41) is 6.83. The van der Waals surface area contributed by atoms with E-state index in [1.807, 2.05) is 37.3 Å². The second-order valence-electron chi connectivity index (χ2n) is 6.64. The molecule has 1 fully saturated rings. The van der Waals surface area contributed by atoms with Crippen molar-refractivity contribution >= 4 is 22.8 Å². The Labute approximate surface area is 141 Å². The average Bonchev–Trinajstić information content (AvgIpc) is 3.21. The Balaban J connectivity index is 1.71. The van der Waals surface area contributed by atoms with Gasteiger partial charge in [-0.3, -0.25) is 9.59 Å². The highest BCUT2D eigenvalue weighted by Crippen LogP contribution is 2.29. The smallest absolute Gasteiger partial charge is 0.243 e. The number of carbonyl (C=O) groups excluding carboxylic acids is 2. The van der Waals surface area contributed by atoms with E-state index < -0.39 is 6.04 Å². The van der Waals surface area contributed by atoms with Crippen LogP contribution in [0.15, 0.2) is 34.7 Å². The Hall–Kier alpha value is -2.30. The first kappa shape index (κ1) is 16.6. The van der Waals surface area contributed by atoms with Gasteiger partial charge in [0.1, 0.15) is 17.4 Å². The van der Waals surface area contributed by atoms with Crippen LogP contribution in [0.3, 0.4) is 0 Å². The van der Waals surface area contributed by atoms with Gasteiger partial charge >= 0.3 is 0 Å². The number of amides is 2. The van der Waals surface area contributed by atoms with Crippen molar-refractivity contribution in [3.05, 3.63) is 36.1 Å². The fourth-order valence-electron chi connectivity index (χ4n) is 3.50. The van der Waals surface area contributed by atoms with Crippen molar-refractivity contribution in [3.8, 4) is 0 Å². The zero-order valence-corrected chi connectivity index (χ0v) is 14.2. The first-order valence-electron chi connectivity index (χ1n) is 8.60. The molecule has 3 rings (SSSR count). The minimum absolute atomic E-state index is 0.134. The maximum Gasteiger partial charge on any atom is 0.243 e. The Morgan fingerprint density at radius 2 is 1.88 bits per heavy atom. The predicted molar refractivity (Wildman–Crippen MR) is 92.3 cm³/mol. The van der Waals surface area contributed by atoms with E-state index in [9.17, 15) is 9.59 Å². The van der Waals surface area contributed by atoms with Crippen molar-refractivity contribution in [3.63, 3.8) is 0 Å². The zero-order valence-electron chi connectivity index (χ0n) is 14.2. The number of rotatable bonds is 5. The SMILES string of the molecule is CC(=O)NC(C(=O)NC(C)c1cc2ccccc2o1)C1CCCC1. The molecule has 2 unspecified atom stereocenters. The van der Waals surface area contributed by atoms with Gasteiger partial charge in [0.05, 0.1) is 6.04 Å². The molecule has 2 aromatic rings. The molecule has 0 saturated heterocycles. The molecule has 1 aliphatic carbocycles. The van der Waals surface area contributed by atoms with E-state index >= 15 is 0 Å². The van der Waals surface area contributed by atoms with Crippen molar-refractivity contribution in [2.75, 3.05) is 0 Å². The maximum absolute atomic E-state index is 12.7. The molecule has 1 aromatic heterocycles. The molecule has 1 aromatic carbocycles. The fourth-order valence-corrected chi connectivity index (χ4v) is 3.50. The van der Waals surface area contributed by atoms with Crippen LogP contribution in [0.25, 0.3) is 11.0 Å². The first-order valence-corrected chi connectivity index (χ1v) is 8.60. The Kier molecular flexibility index (Phi) is 4.88. The lowest BCUT2D eigenvalue weighted by molar-refractivity contribution is -0.130. The lowest BCUT2D eigenvalue weighted by Gasteiger charge is -2.24. The molecule has 1 heterocycles. The van der Waals surface area contributed by atoms with Crippen LogP contribution < -0.4 is 10.6 Å². The van der Waals surface area contributed by atoms with Crippen molar-refractivity contribution in [2.45, 2.75) is 51.6 Å². The summed E-state index contributed by atoms with van der Waals surface area (Å²) >= 11 is 0. The minimum Gasteiger partial charge on any atom is -0.459 e. The normalized spacial score (nSPS) is 17.6. The topological polar surface area (TPSA) is 71.3 Å². The van der Waals surface area contributed by atoms with Crippen LogP contribution >= 0.6 is 0 Å². The molecule has 0 bridgehead atoms. The standard InChI is InChI=1S/C19H24N2O3/c1-12(17-11-15-9-5-6-10-16(15)24-17)20-19(23)18(21-13(2)22)14-7-3-4-8-14/h5-6,9-12,14,18H,3-4,7-8H2,1-2H3,(H,20,23)(H,21,22). The highest BCUT2D eigenvalue weighted by Gasteiger charge is 2.32. The molecule has 2 amide bonds. The molecule has 0 radical (unpaired) electrons. The van der Waals surface area contributed by atoms with Gasteiger partial charge in [0.2, 0.25) is 11.8 Å². The van der Waals surface area contributed by atoms with Gasteiger partial charge in [0.15, 0.2) is 0 Å². The Bertz CT molecular complexity index is 698. The highest BCUT2D eigenvalue weighted by molar-refractivity contribution is 5.87. The van der Waals surface area contributed by atoms with Gasteiger partial charge in [0.25, 0.3) is 0 Å². The molecule has 24 heavy (non-hydrogen) atoms. The summed E-state index contributed by atoms with van der Waals surface area (Å²) in [4.78, 5) is 24.2. The number of carbonyl (C=O) groups is 2. The van der Waals surface area contributed by atoms with E-state index in [1.54, 1.807) is 0 Å². The van der Waals surface area contributed by atoms with Crippen LogP contribution in [-0.4, -0.2) is 17.9 Å². The molecule has 0 aliphatic heterocycles. The Morgan fingerprint density at radius 3 is 2.54 bits per heavy atom. The molecule has 1 saturated carbocycles. The quantitative estimate of drug-likeness (QED) is 0.884. The number of hydrogen-bond acceptors (Lipinski definition) is 3. The Morgan fingerprint density at radius 1 is 1.17 bits per heavy atom. The minimum atomic E-state index is -0.461. The molecular formula is C19H24N2O3. The molecule has 1 aliphatic rings. The summed E-state index contributed by atoms with van der Waals surface area (Å²) in [6.45, 7) is 3.35. The second-order valence-corrected chi connectivity index (χ2v) is 6.64. The van der Waals surface area contributed by atoms with E-state index in [0.717, 1.165) is 42.4 Å². The van der Waals surface area contributed by atoms with E-state index in [-0.39, 0.29) is 23.8 Å². The third kappa shape index (κ3) is 3.61. The summed E-state index contributed by atoms with van der Waals surface area (Å²) in [6, 6.07) is 9.01. The molecular weight excluding hydrogens is 304 g/mol. The number of hydrogen-bond donors (Lipinski definition) is 2. The van der Waals surface area contributed by atoms with Crippen molar-refractivity contribution < 1.29 is 14.0 Å². The van der Waals surface area contributed by atoms with Gasteiger partial charge < -0.3 is 15.1 Å². The predicted octanol–water partition coefficient (Wildman–Crippen LogP) is 3.30. The summed E-state index contributed by atoms with van der Waals surface area (Å²) in [5.74, 6) is 0.637. The molecule has 2 atom stereocenters. The van der Waals surface area contributed by atoms with Gasteiger partial charge in [-0.15, -0.1) is 0 Å². The van der Waals surface area contributed by atoms with Crippen LogP contribution in [-0.2, 0) is 9.59 Å². The van der Waals surface area contributed by atoms with E-state index in [0.29, 0.717) is 0 Å². The number of fused-ring (bicyclic) bond motifs is 1. The van der Waals surface area contributed by atoms with Gasteiger partial charge in [-0.2, -0.15) is 0 Å². The van der Waals surface area contributed by atoms with Gasteiger partial charge in [-0.25, -0.2) is 0 Å². The largest absolute Gasteiger partial charge is 0.459 e. The number of benzene rings is 1. The van der Waals surface area contributed by atoms with E-state index in [1.165, 1.54) is 6.92 Å². The van der Waals surface area contributed by atoms with Gasteiger partial charge in [-0.05, 0) is 37.8 Å². The summed E-state index contributed by atoms with van der Waals surface area (Å²) in [7, 11) is 0. The summed E-state index contributed by atoms with van der Waals surface area (Å²) in [6.07, 6.45) is 4.20. The third-order valence-corrected chi connectivity index (χ3v) is 4.74. The van der Waals surface area contributed by atoms with Crippen LogP contribution in [0.1, 0.15) is 51.3 Å². The highest BCUT2D eigenvalue weighted by atomic mass is 16.3. The lowest BCUT2D eigenvalue weighted by Crippen LogP contribution is -2.50. The third-order valence-electron chi connectivity index (χ3n) is 4.74. The summed E-state index contributed by atoms with van der Waals surface area (Å²) < 4.78 is 5.81. The molecule has 2 N–H and O–H groups in total. The number of nitrogens with one attached hydrogen (secondary N) is 2. The monoisotopic (exact) mass is 328 g/mol. The van der Waals surface area contributed by atoms with Crippen LogP contribution in [0.4, 0.5) is 0 Å². The van der Waals surface area contributed by atoms with Crippen molar-refractivity contribution in [1.82, 2.24) is 10.6 Å².